The molecular formula is C43H57N7O9. The van der Waals surface area contributed by atoms with Crippen LogP contribution in [0.25, 0.3) is 11.1 Å². The summed E-state index contributed by atoms with van der Waals surface area (Å²) in [6.07, 6.45) is 4.21. The number of anilines is 1. The first-order chi connectivity index (χ1) is 28.7. The first-order valence-electron chi connectivity index (χ1n) is 21.4. The molecule has 1 aromatic heterocycles. The number of hydrogen-bond donors (Lipinski definition) is 2. The van der Waals surface area contributed by atoms with Crippen molar-refractivity contribution < 1.29 is 37.8 Å². The zero-order valence-electron chi connectivity index (χ0n) is 34.0. The summed E-state index contributed by atoms with van der Waals surface area (Å²) in [6.45, 7) is 9.57. The third-order valence-electron chi connectivity index (χ3n) is 12.8. The molecule has 0 aliphatic carbocycles. The van der Waals surface area contributed by atoms with E-state index in [4.69, 9.17) is 18.6 Å². The fourth-order valence-electron chi connectivity index (χ4n) is 9.58. The predicted octanol–water partition coefficient (Wildman–Crippen LogP) is 3.75. The van der Waals surface area contributed by atoms with Crippen molar-refractivity contribution >= 4 is 40.8 Å². The van der Waals surface area contributed by atoms with Gasteiger partial charge in [-0.1, -0.05) is 24.3 Å². The Morgan fingerprint density at radius 1 is 0.881 bits per heavy atom. The summed E-state index contributed by atoms with van der Waals surface area (Å²) in [7, 11) is 0. The van der Waals surface area contributed by atoms with Gasteiger partial charge in [-0.3, -0.25) is 24.4 Å². The Morgan fingerprint density at radius 3 is 2.42 bits per heavy atom. The molecule has 2 N–H and O–H groups in total. The number of piperidine rings is 2. The third kappa shape index (κ3) is 9.60. The largest absolute Gasteiger partial charge is 0.464 e. The molecule has 8 rings (SSSR count). The van der Waals surface area contributed by atoms with Gasteiger partial charge in [0.1, 0.15) is 6.04 Å². The maximum absolute atomic E-state index is 14.4. The summed E-state index contributed by atoms with van der Waals surface area (Å²) < 4.78 is 22.7. The number of carbonyl (C=O) groups excluding carboxylic acids is 4. The Bertz CT molecular complexity index is 2030. The number of para-hydroxylation sites is 1. The van der Waals surface area contributed by atoms with Crippen molar-refractivity contribution in [1.82, 2.24) is 29.5 Å². The molecule has 4 saturated heterocycles. The lowest BCUT2D eigenvalue weighted by Gasteiger charge is -2.40. The van der Waals surface area contributed by atoms with E-state index in [2.05, 4.69) is 20.1 Å². The van der Waals surface area contributed by atoms with Gasteiger partial charge in [-0.05, 0) is 93.7 Å². The molecule has 16 heteroatoms. The Balaban J connectivity index is 0.878. The molecule has 16 nitrogen and oxygen atoms in total. The minimum Gasteiger partial charge on any atom is -0.464 e. The average molecular weight is 816 g/mol. The molecule has 2 aromatic carbocycles. The van der Waals surface area contributed by atoms with E-state index in [0.29, 0.717) is 81.7 Å². The van der Waals surface area contributed by atoms with Gasteiger partial charge in [-0.25, -0.2) is 14.4 Å². The number of esters is 1. The van der Waals surface area contributed by atoms with Crippen LogP contribution in [0.2, 0.25) is 0 Å². The minimum atomic E-state index is -1.11. The number of aryl methyl sites for hydroxylation is 1. The molecule has 0 bridgehead atoms. The van der Waals surface area contributed by atoms with Crippen molar-refractivity contribution in [3.05, 3.63) is 63.6 Å². The highest BCUT2D eigenvalue weighted by Crippen LogP contribution is 2.29. The van der Waals surface area contributed by atoms with E-state index in [1.54, 1.807) is 15.9 Å². The highest BCUT2D eigenvalue weighted by Gasteiger charge is 2.40. The SMILES string of the molecule is Cc1cc(C[C@@H](OC(=O)N2CCC(N3CCc4ccccc4NC3=O)CC2)C(=O)N2CCC(N3CCC[C@H]3C(=O)OCCCN3CCOCC3)CC2)cc2oc(=O)[nH]c12. The van der Waals surface area contributed by atoms with Gasteiger partial charge in [-0.15, -0.1) is 0 Å². The second kappa shape index (κ2) is 18.6. The number of fused-ring (bicyclic) bond motifs is 2. The number of aromatic nitrogens is 1. The maximum atomic E-state index is 14.4. The number of rotatable bonds is 11. The van der Waals surface area contributed by atoms with E-state index in [9.17, 15) is 24.0 Å². The second-order valence-electron chi connectivity index (χ2n) is 16.6. The van der Waals surface area contributed by atoms with Crippen LogP contribution in [-0.2, 0) is 36.6 Å². The molecule has 59 heavy (non-hydrogen) atoms. The van der Waals surface area contributed by atoms with Crippen LogP contribution < -0.4 is 11.1 Å². The van der Waals surface area contributed by atoms with Gasteiger partial charge in [-0.2, -0.15) is 0 Å². The number of H-pyrrole nitrogens is 1. The number of amides is 4. The van der Waals surface area contributed by atoms with Crippen LogP contribution in [0.1, 0.15) is 61.6 Å². The number of oxazole rings is 1. The molecule has 0 radical (unpaired) electrons. The van der Waals surface area contributed by atoms with Gasteiger partial charge < -0.3 is 38.6 Å². The number of urea groups is 1. The van der Waals surface area contributed by atoms with Crippen LogP contribution >= 0.6 is 0 Å². The Morgan fingerprint density at radius 2 is 1.63 bits per heavy atom. The number of aromatic amines is 1. The fourth-order valence-corrected chi connectivity index (χ4v) is 9.58. The van der Waals surface area contributed by atoms with Crippen molar-refractivity contribution in [2.75, 3.05) is 84.0 Å². The number of benzene rings is 2. The van der Waals surface area contributed by atoms with E-state index in [-0.39, 0.29) is 42.5 Å². The van der Waals surface area contributed by atoms with Gasteiger partial charge in [0.05, 0.1) is 25.3 Å². The molecule has 6 heterocycles. The molecule has 318 valence electrons. The zero-order valence-corrected chi connectivity index (χ0v) is 34.0. The van der Waals surface area contributed by atoms with E-state index in [0.717, 1.165) is 81.9 Å². The fraction of sp³-hybridized carbons (Fsp3) is 0.605. The van der Waals surface area contributed by atoms with Crippen molar-refractivity contribution in [3.8, 4) is 0 Å². The normalized spacial score (nSPS) is 21.9. The lowest BCUT2D eigenvalue weighted by molar-refractivity contribution is -0.151. The number of carbonyl (C=O) groups is 4. The highest BCUT2D eigenvalue weighted by atomic mass is 16.6. The molecule has 0 saturated carbocycles. The van der Waals surface area contributed by atoms with Crippen molar-refractivity contribution in [2.24, 2.45) is 0 Å². The lowest BCUT2D eigenvalue weighted by Crippen LogP contribution is -2.53. The molecule has 0 spiro atoms. The quantitative estimate of drug-likeness (QED) is 0.214. The van der Waals surface area contributed by atoms with Crippen molar-refractivity contribution in [3.63, 3.8) is 0 Å². The number of morpholine rings is 1. The number of nitrogens with one attached hydrogen (secondary N) is 2. The van der Waals surface area contributed by atoms with Crippen molar-refractivity contribution in [1.29, 1.82) is 0 Å². The molecule has 4 amide bonds. The maximum Gasteiger partial charge on any atom is 0.417 e. The van der Waals surface area contributed by atoms with Gasteiger partial charge in [0.15, 0.2) is 11.7 Å². The molecule has 5 aliphatic heterocycles. The molecule has 5 aliphatic rings. The first kappa shape index (κ1) is 40.8. The van der Waals surface area contributed by atoms with Gasteiger partial charge in [0, 0.05) is 76.5 Å². The standard InChI is InChI=1S/C43H57N7O9/c1-29-26-30(27-36-38(29)45-42(54)58-36)28-37(59-43(55)48-18-12-33(13-19-48)50-20-9-31-6-2-3-7-34(31)44-41(50)53)39(51)47-16-10-32(11-17-47)49-15-4-8-35(49)40(52)57-23-5-14-46-21-24-56-25-22-46/h2-3,6-7,26-27,32-33,35,37H,4-5,8-25,28H2,1H3,(H,44,53)(H,45,54)/t35-,37+/m0/s1. The van der Waals surface area contributed by atoms with Crippen LogP contribution in [0.3, 0.4) is 0 Å². The zero-order chi connectivity index (χ0) is 40.9. The second-order valence-corrected chi connectivity index (χ2v) is 16.6. The molecular weight excluding hydrogens is 759 g/mol. The number of likely N-dealkylation sites (tertiary alicyclic amines) is 3. The lowest BCUT2D eigenvalue weighted by atomic mass is 9.99. The van der Waals surface area contributed by atoms with E-state index in [1.807, 2.05) is 42.2 Å². The third-order valence-corrected chi connectivity index (χ3v) is 12.8. The Labute approximate surface area is 344 Å². The monoisotopic (exact) mass is 815 g/mol. The summed E-state index contributed by atoms with van der Waals surface area (Å²) in [5, 5.41) is 3.04. The van der Waals surface area contributed by atoms with Crippen LogP contribution in [-0.4, -0.2) is 156 Å². The minimum absolute atomic E-state index is 0.0322. The number of ether oxygens (including phenoxy) is 3. The smallest absolute Gasteiger partial charge is 0.417 e. The summed E-state index contributed by atoms with van der Waals surface area (Å²) in [5.74, 6) is -1.01. The van der Waals surface area contributed by atoms with Crippen molar-refractivity contribution in [2.45, 2.75) is 88.9 Å². The number of nitrogens with zero attached hydrogens (tertiary/aromatic N) is 5. The summed E-state index contributed by atoms with van der Waals surface area (Å²) in [4.78, 5) is 79.2. The van der Waals surface area contributed by atoms with Gasteiger partial charge in [0.25, 0.3) is 5.91 Å². The Kier molecular flexibility index (Phi) is 12.8. The summed E-state index contributed by atoms with van der Waals surface area (Å²) in [6, 6.07) is 11.1. The molecule has 3 aromatic rings. The Hall–Kier alpha value is -4.93. The molecule has 4 fully saturated rings. The topological polar surface area (TPSA) is 170 Å². The summed E-state index contributed by atoms with van der Waals surface area (Å²) in [5.41, 5.74) is 4.38. The van der Waals surface area contributed by atoms with Gasteiger partial charge >= 0.3 is 23.8 Å². The molecule has 2 atom stereocenters. The van der Waals surface area contributed by atoms with Gasteiger partial charge in [0.2, 0.25) is 0 Å². The number of hydrogen-bond acceptors (Lipinski definition) is 11. The summed E-state index contributed by atoms with van der Waals surface area (Å²) >= 11 is 0. The molecule has 0 unspecified atom stereocenters. The van der Waals surface area contributed by atoms with E-state index < -0.39 is 18.0 Å². The van der Waals surface area contributed by atoms with Crippen LogP contribution in [0.5, 0.6) is 0 Å². The van der Waals surface area contributed by atoms with Crippen LogP contribution in [0, 0.1) is 6.92 Å². The van der Waals surface area contributed by atoms with E-state index in [1.165, 1.54) is 0 Å². The van der Waals surface area contributed by atoms with Crippen LogP contribution in [0.4, 0.5) is 15.3 Å². The van der Waals surface area contributed by atoms with Crippen LogP contribution in [0.15, 0.2) is 45.6 Å². The van der Waals surface area contributed by atoms with E-state index >= 15 is 0 Å². The highest BCUT2D eigenvalue weighted by molar-refractivity contribution is 5.91. The average Bonchev–Trinajstić information content (AvgIpc) is 3.86. The predicted molar refractivity (Wildman–Crippen MR) is 218 cm³/mol. The first-order valence-corrected chi connectivity index (χ1v) is 21.4.